The Balaban J connectivity index is 2.08. The molecule has 2 heterocycles. The van der Waals surface area contributed by atoms with Crippen LogP contribution in [0.25, 0.3) is 21.9 Å². The average molecular weight is 403 g/mol. The molecule has 0 fully saturated rings. The molecule has 0 spiro atoms. The Labute approximate surface area is 141 Å². The number of benzene rings is 1. The van der Waals surface area contributed by atoms with Crippen LogP contribution in [-0.4, -0.2) is 12.8 Å². The fourth-order valence-corrected chi connectivity index (χ4v) is 3.66. The largest absolute Gasteiger partial charge is 0.486 e. The summed E-state index contributed by atoms with van der Waals surface area (Å²) in [5.41, 5.74) is 0.498. The highest BCUT2D eigenvalue weighted by atomic mass is 79.9. The van der Waals surface area contributed by atoms with Crippen LogP contribution < -0.4 is 10.4 Å². The summed E-state index contributed by atoms with van der Waals surface area (Å²) in [7, 11) is -0.713. The predicted octanol–water partition coefficient (Wildman–Crippen LogP) is 5.50. The second-order valence-electron chi connectivity index (χ2n) is 4.69. The van der Waals surface area contributed by atoms with Gasteiger partial charge in [-0.2, -0.15) is 0 Å². The quantitative estimate of drug-likeness (QED) is 0.321. The third-order valence-electron chi connectivity index (χ3n) is 3.18. The lowest BCUT2D eigenvalue weighted by molar-refractivity contribution is 0.315. The lowest BCUT2D eigenvalue weighted by Gasteiger charge is -2.10. The minimum absolute atomic E-state index is 0.379. The fourth-order valence-electron chi connectivity index (χ4n) is 2.21. The van der Waals surface area contributed by atoms with E-state index >= 15 is 0 Å². The van der Waals surface area contributed by atoms with Gasteiger partial charge in [-0.05, 0) is 54.6 Å². The average Bonchev–Trinajstić information content (AvgIpc) is 2.95. The van der Waals surface area contributed by atoms with Crippen molar-refractivity contribution in [2.45, 2.75) is 6.42 Å². The van der Waals surface area contributed by atoms with Crippen molar-refractivity contribution >= 4 is 56.4 Å². The first-order valence-electron chi connectivity index (χ1n) is 6.57. The molecule has 0 saturated carbocycles. The normalized spacial score (nSPS) is 12.9. The summed E-state index contributed by atoms with van der Waals surface area (Å²) in [6, 6.07) is 4.93. The highest BCUT2D eigenvalue weighted by Gasteiger charge is 2.18. The Morgan fingerprint density at radius 2 is 2.05 bits per heavy atom. The van der Waals surface area contributed by atoms with Gasteiger partial charge in [-0.3, -0.25) is 0 Å². The van der Waals surface area contributed by atoms with Crippen molar-refractivity contribution in [1.29, 1.82) is 0 Å². The number of ether oxygens (including phenoxy) is 1. The van der Waals surface area contributed by atoms with Gasteiger partial charge in [-0.25, -0.2) is 4.79 Å². The van der Waals surface area contributed by atoms with Crippen LogP contribution in [0.5, 0.6) is 5.75 Å². The van der Waals surface area contributed by atoms with E-state index < -0.39 is 12.9 Å². The molecule has 2 aromatic heterocycles. The fraction of sp³-hybridized carbons (Fsp3) is 0.200. The molecule has 1 aromatic carbocycles. The van der Waals surface area contributed by atoms with Gasteiger partial charge in [0.2, 0.25) is 5.75 Å². The molecular formula is C15H12BrClO4P. The van der Waals surface area contributed by atoms with Gasteiger partial charge in [-0.1, -0.05) is 11.2 Å². The molecule has 0 N–H and O–H groups in total. The predicted molar refractivity (Wildman–Crippen MR) is 93.1 cm³/mol. The van der Waals surface area contributed by atoms with E-state index in [4.69, 9.17) is 24.8 Å². The molecular weight excluding hydrogens is 390 g/mol. The summed E-state index contributed by atoms with van der Waals surface area (Å²) in [4.78, 5) is 11.5. The molecule has 4 nitrogen and oxygen atoms in total. The number of fused-ring (bicyclic) bond motifs is 2. The molecule has 0 amide bonds. The Bertz CT molecular complexity index is 871. The molecule has 1 atom stereocenters. The zero-order valence-electron chi connectivity index (χ0n) is 11.5. The minimum Gasteiger partial charge on any atom is -0.486 e. The topological polar surface area (TPSA) is 52.6 Å². The van der Waals surface area contributed by atoms with Crippen LogP contribution in [0.15, 0.2) is 42.6 Å². The van der Waals surface area contributed by atoms with Crippen molar-refractivity contribution in [2.24, 2.45) is 0 Å². The highest BCUT2D eigenvalue weighted by molar-refractivity contribution is 9.10. The molecule has 0 aliphatic rings. The summed E-state index contributed by atoms with van der Waals surface area (Å²) in [5.74, 6) is 0.443. The SMILES string of the molecule is [CH2]P(Cl)CCCOc1c2occc2c(Br)c2ccc(=O)oc12. The molecule has 7 heteroatoms. The second-order valence-corrected chi connectivity index (χ2v) is 8.29. The first-order valence-corrected chi connectivity index (χ1v) is 9.98. The van der Waals surface area contributed by atoms with Gasteiger partial charge in [-0.15, -0.1) is 0 Å². The number of hydrogen-bond acceptors (Lipinski definition) is 4. The number of furan rings is 1. The van der Waals surface area contributed by atoms with Crippen LogP contribution in [0, 0.1) is 6.66 Å². The molecule has 0 bridgehead atoms. The molecule has 1 radical (unpaired) electrons. The zero-order valence-corrected chi connectivity index (χ0v) is 14.7. The van der Waals surface area contributed by atoms with E-state index in [-0.39, 0.29) is 0 Å². The van der Waals surface area contributed by atoms with Crippen LogP contribution in [0.3, 0.4) is 0 Å². The standard InChI is InChI=1S/C15H12BrClO4P/c1-22(17)8-2-6-19-15-13-10(5-7-20-13)12(16)9-3-4-11(18)21-14(9)15/h3-5,7H,1-2,6,8H2. The van der Waals surface area contributed by atoms with Crippen LogP contribution in [0.1, 0.15) is 6.42 Å². The van der Waals surface area contributed by atoms with Gasteiger partial charge in [0.25, 0.3) is 0 Å². The van der Waals surface area contributed by atoms with E-state index in [1.807, 2.05) is 6.07 Å². The summed E-state index contributed by atoms with van der Waals surface area (Å²) in [5, 5.41) is 1.63. The van der Waals surface area contributed by atoms with Gasteiger partial charge >= 0.3 is 5.63 Å². The third-order valence-corrected chi connectivity index (χ3v) is 5.34. The smallest absolute Gasteiger partial charge is 0.336 e. The van der Waals surface area contributed by atoms with E-state index in [1.165, 1.54) is 6.07 Å². The molecule has 22 heavy (non-hydrogen) atoms. The lowest BCUT2D eigenvalue weighted by atomic mass is 10.1. The molecule has 115 valence electrons. The summed E-state index contributed by atoms with van der Waals surface area (Å²) in [6.07, 6.45) is 3.15. The molecule has 3 rings (SSSR count). The minimum atomic E-state index is -0.713. The molecule has 0 saturated heterocycles. The van der Waals surface area contributed by atoms with Crippen LogP contribution in [0.2, 0.25) is 0 Å². The Morgan fingerprint density at radius 1 is 1.27 bits per heavy atom. The van der Waals surface area contributed by atoms with Gasteiger partial charge in [0.05, 0.1) is 12.9 Å². The maximum atomic E-state index is 11.5. The van der Waals surface area contributed by atoms with E-state index in [1.54, 1.807) is 12.3 Å². The van der Waals surface area contributed by atoms with Gasteiger partial charge in [0.15, 0.2) is 11.2 Å². The molecule has 0 aliphatic heterocycles. The maximum Gasteiger partial charge on any atom is 0.336 e. The Morgan fingerprint density at radius 3 is 2.82 bits per heavy atom. The number of hydrogen-bond donors (Lipinski definition) is 0. The van der Waals surface area contributed by atoms with Crippen LogP contribution in [-0.2, 0) is 0 Å². The van der Waals surface area contributed by atoms with E-state index in [0.29, 0.717) is 23.5 Å². The summed E-state index contributed by atoms with van der Waals surface area (Å²) >= 11 is 9.41. The van der Waals surface area contributed by atoms with Gasteiger partial charge in [0, 0.05) is 21.3 Å². The van der Waals surface area contributed by atoms with E-state index in [9.17, 15) is 4.79 Å². The van der Waals surface area contributed by atoms with Gasteiger partial charge in [0.1, 0.15) is 0 Å². The van der Waals surface area contributed by atoms with Crippen LogP contribution >= 0.6 is 34.4 Å². The van der Waals surface area contributed by atoms with Crippen molar-refractivity contribution in [1.82, 2.24) is 0 Å². The van der Waals surface area contributed by atoms with E-state index in [0.717, 1.165) is 27.8 Å². The van der Waals surface area contributed by atoms with Crippen molar-refractivity contribution in [3.05, 3.63) is 46.0 Å². The van der Waals surface area contributed by atoms with Crippen LogP contribution in [0.4, 0.5) is 0 Å². The first kappa shape index (κ1) is 15.9. The lowest BCUT2D eigenvalue weighted by Crippen LogP contribution is -2.02. The molecule has 1 unspecified atom stereocenters. The monoisotopic (exact) mass is 401 g/mol. The van der Waals surface area contributed by atoms with Crippen molar-refractivity contribution in [3.63, 3.8) is 0 Å². The maximum absolute atomic E-state index is 11.5. The van der Waals surface area contributed by atoms with Crippen molar-refractivity contribution in [3.8, 4) is 5.75 Å². The number of rotatable bonds is 5. The Kier molecular flexibility index (Phi) is 4.76. The molecule has 3 aromatic rings. The first-order chi connectivity index (χ1) is 10.6. The summed E-state index contributed by atoms with van der Waals surface area (Å²) < 4.78 is 17.5. The van der Waals surface area contributed by atoms with Gasteiger partial charge < -0.3 is 13.6 Å². The van der Waals surface area contributed by atoms with E-state index in [2.05, 4.69) is 22.6 Å². The zero-order chi connectivity index (χ0) is 15.7. The van der Waals surface area contributed by atoms with Crippen molar-refractivity contribution in [2.75, 3.05) is 12.8 Å². The summed E-state index contributed by atoms with van der Waals surface area (Å²) in [6.45, 7) is 4.24. The second kappa shape index (κ2) is 6.61. The van der Waals surface area contributed by atoms with Crippen molar-refractivity contribution < 1.29 is 13.6 Å². The molecule has 0 aliphatic carbocycles. The third kappa shape index (κ3) is 3.03. The number of halogens is 2. The Hall–Kier alpha value is -1.03. The highest BCUT2D eigenvalue weighted by Crippen LogP contribution is 2.42.